The molecule has 1 fully saturated rings. The molecule has 1 amide bonds. The minimum Gasteiger partial charge on any atom is -0.368 e. The van der Waals surface area contributed by atoms with Crippen molar-refractivity contribution in [3.05, 3.63) is 29.8 Å². The number of hydrogen-bond donors (Lipinski definition) is 1. The molecule has 1 heterocycles. The smallest absolute Gasteiger partial charge is 0.232 e. The van der Waals surface area contributed by atoms with E-state index in [0.29, 0.717) is 5.75 Å². The lowest BCUT2D eigenvalue weighted by Gasteiger charge is -2.36. The fourth-order valence-corrected chi connectivity index (χ4v) is 2.34. The van der Waals surface area contributed by atoms with Crippen LogP contribution in [0, 0.1) is 6.92 Å². The molecule has 92 valence electrons. The Bertz CT molecular complexity index is 400. The Balaban J connectivity index is 1.97. The van der Waals surface area contributed by atoms with Crippen LogP contribution in [0.2, 0.25) is 0 Å². The van der Waals surface area contributed by atoms with E-state index in [1.807, 2.05) is 4.90 Å². The molecule has 2 rings (SSSR count). The van der Waals surface area contributed by atoms with Crippen LogP contribution >= 0.6 is 12.6 Å². The molecule has 0 spiro atoms. The highest BCUT2D eigenvalue weighted by Gasteiger charge is 2.20. The molecule has 0 unspecified atom stereocenters. The Morgan fingerprint density at radius 1 is 1.29 bits per heavy atom. The molecule has 0 bridgehead atoms. The molecule has 1 aliphatic heterocycles. The number of aryl methyl sites for hydroxylation is 1. The van der Waals surface area contributed by atoms with Crippen LogP contribution in [0.15, 0.2) is 24.3 Å². The van der Waals surface area contributed by atoms with Gasteiger partial charge in [-0.25, -0.2) is 0 Å². The first-order valence-corrected chi connectivity index (χ1v) is 6.54. The molecular formula is C13H18N2OS. The Kier molecular flexibility index (Phi) is 3.94. The lowest BCUT2D eigenvalue weighted by Crippen LogP contribution is -2.49. The molecule has 4 heteroatoms. The Morgan fingerprint density at radius 2 is 2.00 bits per heavy atom. The zero-order valence-electron chi connectivity index (χ0n) is 10.1. The minimum absolute atomic E-state index is 0.136. The Morgan fingerprint density at radius 3 is 2.59 bits per heavy atom. The topological polar surface area (TPSA) is 23.6 Å². The summed E-state index contributed by atoms with van der Waals surface area (Å²) < 4.78 is 0. The number of anilines is 1. The summed E-state index contributed by atoms with van der Waals surface area (Å²) in [6, 6.07) is 8.50. The third-order valence-electron chi connectivity index (χ3n) is 3.13. The normalized spacial score (nSPS) is 16.1. The molecule has 0 atom stereocenters. The van der Waals surface area contributed by atoms with Crippen LogP contribution in [0.4, 0.5) is 5.69 Å². The minimum atomic E-state index is 0.136. The number of hydrogen-bond acceptors (Lipinski definition) is 3. The fraction of sp³-hybridized carbons (Fsp3) is 0.462. The first-order valence-electron chi connectivity index (χ1n) is 5.91. The molecule has 0 aromatic heterocycles. The molecule has 1 saturated heterocycles. The predicted molar refractivity (Wildman–Crippen MR) is 73.8 cm³/mol. The highest BCUT2D eigenvalue weighted by atomic mass is 32.1. The number of nitrogens with zero attached hydrogens (tertiary/aromatic N) is 2. The SMILES string of the molecule is Cc1cccc(N2CCN(C(=O)CS)CC2)c1. The lowest BCUT2D eigenvalue weighted by molar-refractivity contribution is -0.128. The summed E-state index contributed by atoms with van der Waals surface area (Å²) >= 11 is 4.03. The standard InChI is InChI=1S/C13H18N2OS/c1-11-3-2-4-12(9-11)14-5-7-15(8-6-14)13(16)10-17/h2-4,9,17H,5-8,10H2,1H3. The van der Waals surface area contributed by atoms with E-state index in [2.05, 4.69) is 48.7 Å². The highest BCUT2D eigenvalue weighted by Crippen LogP contribution is 2.17. The van der Waals surface area contributed by atoms with Gasteiger partial charge >= 0.3 is 0 Å². The number of rotatable bonds is 2. The maximum absolute atomic E-state index is 11.5. The molecule has 1 aromatic rings. The van der Waals surface area contributed by atoms with Gasteiger partial charge in [0.25, 0.3) is 0 Å². The summed E-state index contributed by atoms with van der Waals surface area (Å²) in [6.45, 7) is 5.51. The first kappa shape index (κ1) is 12.3. The van der Waals surface area contributed by atoms with Gasteiger partial charge < -0.3 is 9.80 Å². The van der Waals surface area contributed by atoms with E-state index in [1.165, 1.54) is 11.3 Å². The molecule has 0 N–H and O–H groups in total. The zero-order valence-corrected chi connectivity index (χ0v) is 11.0. The number of carbonyl (C=O) groups is 1. The van der Waals surface area contributed by atoms with Crippen LogP contribution in [0.1, 0.15) is 5.56 Å². The quantitative estimate of drug-likeness (QED) is 0.806. The van der Waals surface area contributed by atoms with Crippen molar-refractivity contribution in [2.45, 2.75) is 6.92 Å². The third kappa shape index (κ3) is 2.94. The van der Waals surface area contributed by atoms with Gasteiger partial charge in [-0.05, 0) is 24.6 Å². The van der Waals surface area contributed by atoms with Crippen LogP contribution in [-0.4, -0.2) is 42.7 Å². The van der Waals surface area contributed by atoms with E-state index in [1.54, 1.807) is 0 Å². The van der Waals surface area contributed by atoms with Gasteiger partial charge in [-0.15, -0.1) is 0 Å². The lowest BCUT2D eigenvalue weighted by atomic mass is 10.2. The average molecular weight is 250 g/mol. The van der Waals surface area contributed by atoms with E-state index < -0.39 is 0 Å². The summed E-state index contributed by atoms with van der Waals surface area (Å²) in [5, 5.41) is 0. The molecule has 17 heavy (non-hydrogen) atoms. The molecule has 3 nitrogen and oxygen atoms in total. The van der Waals surface area contributed by atoms with Crippen LogP contribution in [0.5, 0.6) is 0 Å². The van der Waals surface area contributed by atoms with Crippen molar-refractivity contribution in [1.29, 1.82) is 0 Å². The van der Waals surface area contributed by atoms with Crippen molar-refractivity contribution in [3.63, 3.8) is 0 Å². The van der Waals surface area contributed by atoms with E-state index in [-0.39, 0.29) is 5.91 Å². The van der Waals surface area contributed by atoms with Crippen molar-refractivity contribution >= 4 is 24.2 Å². The fourth-order valence-electron chi connectivity index (χ4n) is 2.14. The van der Waals surface area contributed by atoms with Gasteiger partial charge in [0, 0.05) is 31.9 Å². The molecule has 1 aromatic carbocycles. The van der Waals surface area contributed by atoms with Gasteiger partial charge in [0.1, 0.15) is 0 Å². The second kappa shape index (κ2) is 5.45. The number of carbonyl (C=O) groups excluding carboxylic acids is 1. The van der Waals surface area contributed by atoms with Crippen molar-refractivity contribution in [2.75, 3.05) is 36.8 Å². The van der Waals surface area contributed by atoms with Gasteiger partial charge in [-0.3, -0.25) is 4.79 Å². The van der Waals surface area contributed by atoms with Crippen LogP contribution in [-0.2, 0) is 4.79 Å². The largest absolute Gasteiger partial charge is 0.368 e. The van der Waals surface area contributed by atoms with Gasteiger partial charge in [0.2, 0.25) is 5.91 Å². The van der Waals surface area contributed by atoms with Crippen LogP contribution < -0.4 is 4.90 Å². The summed E-state index contributed by atoms with van der Waals surface area (Å²) in [6.07, 6.45) is 0. The van der Waals surface area contributed by atoms with Crippen molar-refractivity contribution < 1.29 is 4.79 Å². The van der Waals surface area contributed by atoms with Gasteiger partial charge in [0.15, 0.2) is 0 Å². The number of thiol groups is 1. The maximum atomic E-state index is 11.5. The second-order valence-corrected chi connectivity index (χ2v) is 4.68. The summed E-state index contributed by atoms with van der Waals surface area (Å²) in [5.74, 6) is 0.446. The van der Waals surface area contributed by atoms with Gasteiger partial charge in [-0.2, -0.15) is 12.6 Å². The maximum Gasteiger partial charge on any atom is 0.232 e. The third-order valence-corrected chi connectivity index (χ3v) is 3.40. The first-order chi connectivity index (χ1) is 8.20. The molecule has 0 aliphatic carbocycles. The molecular weight excluding hydrogens is 232 g/mol. The summed E-state index contributed by atoms with van der Waals surface area (Å²) in [4.78, 5) is 15.7. The van der Waals surface area contributed by atoms with Crippen LogP contribution in [0.3, 0.4) is 0 Å². The van der Waals surface area contributed by atoms with Gasteiger partial charge in [-0.1, -0.05) is 12.1 Å². The monoisotopic (exact) mass is 250 g/mol. The Hall–Kier alpha value is -1.16. The average Bonchev–Trinajstić information content (AvgIpc) is 2.38. The Labute approximate surface area is 108 Å². The van der Waals surface area contributed by atoms with Gasteiger partial charge in [0.05, 0.1) is 5.75 Å². The zero-order chi connectivity index (χ0) is 12.3. The van der Waals surface area contributed by atoms with Crippen molar-refractivity contribution in [1.82, 2.24) is 4.90 Å². The van der Waals surface area contributed by atoms with Crippen LogP contribution in [0.25, 0.3) is 0 Å². The van der Waals surface area contributed by atoms with E-state index in [0.717, 1.165) is 26.2 Å². The van der Waals surface area contributed by atoms with E-state index >= 15 is 0 Å². The van der Waals surface area contributed by atoms with Crippen molar-refractivity contribution in [2.24, 2.45) is 0 Å². The van der Waals surface area contributed by atoms with E-state index in [4.69, 9.17) is 0 Å². The number of amides is 1. The summed E-state index contributed by atoms with van der Waals surface area (Å²) in [7, 11) is 0. The second-order valence-electron chi connectivity index (χ2n) is 4.36. The van der Waals surface area contributed by atoms with Crippen molar-refractivity contribution in [3.8, 4) is 0 Å². The highest BCUT2D eigenvalue weighted by molar-refractivity contribution is 7.81. The number of benzene rings is 1. The summed E-state index contributed by atoms with van der Waals surface area (Å²) in [5.41, 5.74) is 2.53. The predicted octanol–water partition coefficient (Wildman–Crippen LogP) is 1.57. The molecule has 0 radical (unpaired) electrons. The molecule has 0 saturated carbocycles. The van der Waals surface area contributed by atoms with E-state index in [9.17, 15) is 4.79 Å². The number of piperazine rings is 1. The molecule has 1 aliphatic rings.